The van der Waals surface area contributed by atoms with Crippen molar-refractivity contribution in [3.8, 4) is 0 Å². The van der Waals surface area contributed by atoms with Crippen LogP contribution in [0, 0.1) is 5.82 Å². The molecule has 0 saturated heterocycles. The summed E-state index contributed by atoms with van der Waals surface area (Å²) in [4.78, 5) is 0. The third-order valence-electron chi connectivity index (χ3n) is 2.65. The lowest BCUT2D eigenvalue weighted by Crippen LogP contribution is -2.16. The normalized spacial score (nSPS) is 10.9. The molecule has 1 aromatic carbocycles. The van der Waals surface area contributed by atoms with Crippen molar-refractivity contribution in [2.75, 3.05) is 33.5 Å². The number of rotatable bonds is 10. The Morgan fingerprint density at radius 1 is 1.21 bits per heavy atom. The average Bonchev–Trinajstić information content (AvgIpc) is 2.40. The lowest BCUT2D eigenvalue weighted by molar-refractivity contribution is 0.0688. The van der Waals surface area contributed by atoms with Gasteiger partial charge in [0.25, 0.3) is 0 Å². The van der Waals surface area contributed by atoms with E-state index < -0.39 is 0 Å². The van der Waals surface area contributed by atoms with E-state index in [4.69, 9.17) is 9.47 Å². The first-order valence-corrected chi connectivity index (χ1v) is 7.24. The fraction of sp³-hybridized carbons (Fsp3) is 0.571. The Labute approximate surface area is 122 Å². The van der Waals surface area contributed by atoms with Crippen molar-refractivity contribution >= 4 is 15.9 Å². The molecular formula is C14H21BrFNO2. The molecule has 108 valence electrons. The highest BCUT2D eigenvalue weighted by atomic mass is 79.9. The van der Waals surface area contributed by atoms with E-state index in [0.29, 0.717) is 19.8 Å². The van der Waals surface area contributed by atoms with Crippen LogP contribution in [0.1, 0.15) is 18.4 Å². The molecule has 0 aliphatic rings. The second kappa shape index (κ2) is 10.3. The summed E-state index contributed by atoms with van der Waals surface area (Å²) in [5.41, 5.74) is 0.941. The first kappa shape index (κ1) is 16.6. The fourth-order valence-corrected chi connectivity index (χ4v) is 1.99. The number of halogens is 2. The van der Waals surface area contributed by atoms with Crippen LogP contribution in [0.15, 0.2) is 22.7 Å². The monoisotopic (exact) mass is 333 g/mol. The van der Waals surface area contributed by atoms with Gasteiger partial charge in [0.15, 0.2) is 0 Å². The molecule has 1 N–H and O–H groups in total. The summed E-state index contributed by atoms with van der Waals surface area (Å²) in [6.07, 6.45) is 2.06. The lowest BCUT2D eigenvalue weighted by Gasteiger charge is -2.07. The number of unbranched alkanes of at least 4 members (excludes halogenated alkanes) is 1. The molecule has 0 aliphatic carbocycles. The van der Waals surface area contributed by atoms with Gasteiger partial charge in [0.1, 0.15) is 5.82 Å². The molecule has 0 amide bonds. The Morgan fingerprint density at radius 3 is 2.84 bits per heavy atom. The molecule has 1 aromatic rings. The molecule has 5 heteroatoms. The minimum absolute atomic E-state index is 0.202. The zero-order valence-electron chi connectivity index (χ0n) is 11.3. The van der Waals surface area contributed by atoms with Crippen molar-refractivity contribution in [3.63, 3.8) is 0 Å². The summed E-state index contributed by atoms with van der Waals surface area (Å²) < 4.78 is 24.2. The summed E-state index contributed by atoms with van der Waals surface area (Å²) in [5, 5.41) is 3.29. The summed E-state index contributed by atoms with van der Waals surface area (Å²) in [6, 6.07) is 4.73. The van der Waals surface area contributed by atoms with Gasteiger partial charge in [0, 0.05) is 24.7 Å². The van der Waals surface area contributed by atoms with Gasteiger partial charge >= 0.3 is 0 Å². The van der Waals surface area contributed by atoms with Crippen molar-refractivity contribution in [1.29, 1.82) is 0 Å². The quantitative estimate of drug-likeness (QED) is 0.667. The van der Waals surface area contributed by atoms with Crippen LogP contribution >= 0.6 is 15.9 Å². The van der Waals surface area contributed by atoms with Crippen LogP contribution in [0.5, 0.6) is 0 Å². The van der Waals surface area contributed by atoms with E-state index in [9.17, 15) is 4.39 Å². The highest BCUT2D eigenvalue weighted by Crippen LogP contribution is 2.17. The molecule has 0 unspecified atom stereocenters. The van der Waals surface area contributed by atoms with Crippen molar-refractivity contribution in [1.82, 2.24) is 5.32 Å². The lowest BCUT2D eigenvalue weighted by atomic mass is 10.2. The van der Waals surface area contributed by atoms with Crippen LogP contribution in [0.3, 0.4) is 0 Å². The summed E-state index contributed by atoms with van der Waals surface area (Å²) >= 11 is 3.41. The first-order chi connectivity index (χ1) is 9.24. The van der Waals surface area contributed by atoms with E-state index in [-0.39, 0.29) is 5.82 Å². The smallest absolute Gasteiger partial charge is 0.123 e. The van der Waals surface area contributed by atoms with Crippen molar-refractivity contribution in [2.45, 2.75) is 19.4 Å². The number of benzene rings is 1. The number of hydrogen-bond acceptors (Lipinski definition) is 3. The molecule has 0 bridgehead atoms. The number of nitrogens with one attached hydrogen (secondary N) is 1. The van der Waals surface area contributed by atoms with Crippen LogP contribution in [0.4, 0.5) is 4.39 Å². The molecule has 19 heavy (non-hydrogen) atoms. The second-order valence-corrected chi connectivity index (χ2v) is 5.08. The third kappa shape index (κ3) is 7.62. The Morgan fingerprint density at radius 2 is 2.05 bits per heavy atom. The van der Waals surface area contributed by atoms with Crippen LogP contribution < -0.4 is 5.32 Å². The molecule has 0 radical (unpaired) electrons. The van der Waals surface area contributed by atoms with Crippen molar-refractivity contribution in [2.24, 2.45) is 0 Å². The van der Waals surface area contributed by atoms with E-state index in [1.807, 2.05) is 0 Å². The highest BCUT2D eigenvalue weighted by molar-refractivity contribution is 9.10. The van der Waals surface area contributed by atoms with E-state index in [2.05, 4.69) is 21.2 Å². The SMILES string of the molecule is COCCOCCCCNCc1cc(F)ccc1Br. The average molecular weight is 334 g/mol. The largest absolute Gasteiger partial charge is 0.382 e. The van der Waals surface area contributed by atoms with Gasteiger partial charge in [-0.2, -0.15) is 0 Å². The maximum atomic E-state index is 13.0. The molecule has 0 spiro atoms. The Hall–Kier alpha value is -0.490. The standard InChI is InChI=1S/C14H21BrFNO2/c1-18-8-9-19-7-3-2-6-17-11-12-10-13(16)4-5-14(12)15/h4-5,10,17H,2-3,6-9,11H2,1H3. The molecule has 0 aromatic heterocycles. The van der Waals surface area contributed by atoms with E-state index >= 15 is 0 Å². The van der Waals surface area contributed by atoms with Gasteiger partial charge in [-0.15, -0.1) is 0 Å². The maximum Gasteiger partial charge on any atom is 0.123 e. The number of ether oxygens (including phenoxy) is 2. The van der Waals surface area contributed by atoms with Gasteiger partial charge in [-0.05, 0) is 43.1 Å². The van der Waals surface area contributed by atoms with E-state index in [1.54, 1.807) is 19.2 Å². The predicted octanol–water partition coefficient (Wildman–Crippen LogP) is 3.12. The minimum Gasteiger partial charge on any atom is -0.382 e. The van der Waals surface area contributed by atoms with Gasteiger partial charge in [-0.3, -0.25) is 0 Å². The minimum atomic E-state index is -0.202. The molecule has 0 aliphatic heterocycles. The highest BCUT2D eigenvalue weighted by Gasteiger charge is 2.01. The summed E-state index contributed by atoms with van der Waals surface area (Å²) in [7, 11) is 1.66. The first-order valence-electron chi connectivity index (χ1n) is 6.45. The topological polar surface area (TPSA) is 30.5 Å². The van der Waals surface area contributed by atoms with Crippen molar-refractivity contribution < 1.29 is 13.9 Å². The molecule has 0 saturated carbocycles. The van der Waals surface area contributed by atoms with Crippen LogP contribution in [0.25, 0.3) is 0 Å². The van der Waals surface area contributed by atoms with Crippen LogP contribution in [0.2, 0.25) is 0 Å². The Kier molecular flexibility index (Phi) is 8.99. The van der Waals surface area contributed by atoms with Crippen molar-refractivity contribution in [3.05, 3.63) is 34.1 Å². The molecule has 0 fully saturated rings. The van der Waals surface area contributed by atoms with Gasteiger partial charge < -0.3 is 14.8 Å². The van der Waals surface area contributed by atoms with Gasteiger partial charge in [-0.1, -0.05) is 15.9 Å². The molecule has 3 nitrogen and oxygen atoms in total. The zero-order chi connectivity index (χ0) is 13.9. The van der Waals surface area contributed by atoms with Gasteiger partial charge in [0.2, 0.25) is 0 Å². The molecule has 0 heterocycles. The van der Waals surface area contributed by atoms with Gasteiger partial charge in [-0.25, -0.2) is 4.39 Å². The Bertz CT molecular complexity index is 363. The Balaban J connectivity index is 2.03. The maximum absolute atomic E-state index is 13.0. The zero-order valence-corrected chi connectivity index (χ0v) is 12.8. The third-order valence-corrected chi connectivity index (χ3v) is 3.42. The fourth-order valence-electron chi connectivity index (χ4n) is 1.60. The predicted molar refractivity (Wildman–Crippen MR) is 77.7 cm³/mol. The summed E-state index contributed by atoms with van der Waals surface area (Å²) in [5.74, 6) is -0.202. The molecular weight excluding hydrogens is 313 g/mol. The van der Waals surface area contributed by atoms with Crippen LogP contribution in [-0.2, 0) is 16.0 Å². The number of methoxy groups -OCH3 is 1. The molecule has 0 atom stereocenters. The summed E-state index contributed by atoms with van der Waals surface area (Å²) in [6.45, 7) is 3.63. The molecule has 1 rings (SSSR count). The van der Waals surface area contributed by atoms with Crippen LogP contribution in [-0.4, -0.2) is 33.5 Å². The second-order valence-electron chi connectivity index (χ2n) is 4.22. The number of hydrogen-bond donors (Lipinski definition) is 1. The van der Waals surface area contributed by atoms with E-state index in [0.717, 1.165) is 36.0 Å². The van der Waals surface area contributed by atoms with E-state index in [1.165, 1.54) is 6.07 Å². The van der Waals surface area contributed by atoms with Gasteiger partial charge in [0.05, 0.1) is 13.2 Å².